The summed E-state index contributed by atoms with van der Waals surface area (Å²) >= 11 is 0. The van der Waals surface area contributed by atoms with Crippen molar-refractivity contribution in [3.63, 3.8) is 0 Å². The van der Waals surface area contributed by atoms with Gasteiger partial charge in [-0.2, -0.15) is 13.2 Å². The summed E-state index contributed by atoms with van der Waals surface area (Å²) in [5.74, 6) is 0. The Bertz CT molecular complexity index is 566. The summed E-state index contributed by atoms with van der Waals surface area (Å²) in [6.07, 6.45) is -3.06. The van der Waals surface area contributed by atoms with Crippen molar-refractivity contribution >= 4 is 10.0 Å². The van der Waals surface area contributed by atoms with Gasteiger partial charge in [0.1, 0.15) is 0 Å². The minimum atomic E-state index is -4.56. The molecule has 2 rings (SSSR count). The normalized spacial score (nSPS) is 20.9. The maximum atomic E-state index is 12.6. The van der Waals surface area contributed by atoms with Gasteiger partial charge in [0, 0.05) is 12.6 Å². The molecule has 0 bridgehead atoms. The van der Waals surface area contributed by atoms with Gasteiger partial charge >= 0.3 is 6.18 Å². The van der Waals surface area contributed by atoms with Crippen LogP contribution in [0.2, 0.25) is 0 Å². The Morgan fingerprint density at radius 3 is 2.65 bits per heavy atom. The Morgan fingerprint density at radius 2 is 2.05 bits per heavy atom. The summed E-state index contributed by atoms with van der Waals surface area (Å²) < 4.78 is 64.3. The molecule has 1 aliphatic rings. The topological polar surface area (TPSA) is 58.2 Å². The number of hydrogen-bond donors (Lipinski definition) is 2. The highest BCUT2D eigenvalue weighted by atomic mass is 32.2. The summed E-state index contributed by atoms with van der Waals surface area (Å²) in [6.45, 7) is 1.31. The van der Waals surface area contributed by atoms with Crippen LogP contribution in [0.1, 0.15) is 18.4 Å². The van der Waals surface area contributed by atoms with E-state index in [2.05, 4.69) is 10.0 Å². The molecule has 1 fully saturated rings. The van der Waals surface area contributed by atoms with Gasteiger partial charge in [0.15, 0.2) is 0 Å². The number of hydrogen-bond acceptors (Lipinski definition) is 3. The third kappa shape index (κ3) is 3.71. The largest absolute Gasteiger partial charge is 0.416 e. The summed E-state index contributed by atoms with van der Waals surface area (Å²) in [5, 5.41) is 3.04. The maximum Gasteiger partial charge on any atom is 0.416 e. The molecule has 1 unspecified atom stereocenters. The molecule has 0 radical (unpaired) electrons. The predicted octanol–water partition coefficient (Wildman–Crippen LogP) is 1.74. The van der Waals surface area contributed by atoms with Crippen LogP contribution in [0.5, 0.6) is 0 Å². The van der Waals surface area contributed by atoms with Crippen molar-refractivity contribution < 1.29 is 21.6 Å². The van der Waals surface area contributed by atoms with E-state index in [0.717, 1.165) is 31.2 Å². The molecule has 1 aliphatic heterocycles. The number of piperidine rings is 1. The molecule has 0 saturated carbocycles. The first-order valence-electron chi connectivity index (χ1n) is 6.19. The first-order valence-corrected chi connectivity index (χ1v) is 7.68. The van der Waals surface area contributed by atoms with Crippen LogP contribution in [0.3, 0.4) is 0 Å². The number of rotatable bonds is 3. The first kappa shape index (κ1) is 15.3. The summed E-state index contributed by atoms with van der Waals surface area (Å²) in [5.41, 5.74) is -0.970. The maximum absolute atomic E-state index is 12.6. The zero-order valence-electron chi connectivity index (χ0n) is 10.6. The lowest BCUT2D eigenvalue weighted by Crippen LogP contribution is -2.45. The quantitative estimate of drug-likeness (QED) is 0.894. The monoisotopic (exact) mass is 308 g/mol. The molecule has 0 aromatic heterocycles. The van der Waals surface area contributed by atoms with Crippen molar-refractivity contribution in [3.8, 4) is 0 Å². The molecule has 1 aromatic rings. The minimum absolute atomic E-state index is 0.289. The fourth-order valence-electron chi connectivity index (χ4n) is 2.08. The zero-order chi connectivity index (χ0) is 14.8. The van der Waals surface area contributed by atoms with Crippen LogP contribution in [0.25, 0.3) is 0 Å². The molecule has 20 heavy (non-hydrogen) atoms. The zero-order valence-corrected chi connectivity index (χ0v) is 11.4. The Hall–Kier alpha value is -1.12. The average molecular weight is 308 g/mol. The second-order valence-corrected chi connectivity index (χ2v) is 6.40. The second kappa shape index (κ2) is 5.71. The lowest BCUT2D eigenvalue weighted by atomic mass is 10.1. The van der Waals surface area contributed by atoms with Gasteiger partial charge in [0.25, 0.3) is 0 Å². The van der Waals surface area contributed by atoms with Gasteiger partial charge in [-0.3, -0.25) is 0 Å². The minimum Gasteiger partial charge on any atom is -0.315 e. The van der Waals surface area contributed by atoms with Crippen LogP contribution in [-0.4, -0.2) is 27.5 Å². The van der Waals surface area contributed by atoms with Gasteiger partial charge in [-0.05, 0) is 37.6 Å². The Balaban J connectivity index is 2.20. The summed E-state index contributed by atoms with van der Waals surface area (Å²) in [6, 6.07) is 3.47. The van der Waals surface area contributed by atoms with Crippen molar-refractivity contribution in [1.82, 2.24) is 10.0 Å². The van der Waals surface area contributed by atoms with E-state index in [-0.39, 0.29) is 10.9 Å². The average Bonchev–Trinajstić information content (AvgIpc) is 2.38. The van der Waals surface area contributed by atoms with Crippen molar-refractivity contribution in [2.45, 2.75) is 30.0 Å². The molecule has 112 valence electrons. The highest BCUT2D eigenvalue weighted by molar-refractivity contribution is 7.89. The van der Waals surface area contributed by atoms with Crippen molar-refractivity contribution in [2.24, 2.45) is 0 Å². The first-order chi connectivity index (χ1) is 9.29. The van der Waals surface area contributed by atoms with E-state index < -0.39 is 21.8 Å². The smallest absolute Gasteiger partial charge is 0.315 e. The van der Waals surface area contributed by atoms with Gasteiger partial charge in [-0.1, -0.05) is 6.07 Å². The summed E-state index contributed by atoms with van der Waals surface area (Å²) in [7, 11) is -3.93. The Kier molecular flexibility index (Phi) is 4.36. The molecule has 0 aliphatic carbocycles. The van der Waals surface area contributed by atoms with Gasteiger partial charge in [-0.25, -0.2) is 13.1 Å². The molecule has 1 aromatic carbocycles. The number of halogens is 3. The van der Waals surface area contributed by atoms with Crippen LogP contribution < -0.4 is 10.0 Å². The summed E-state index contributed by atoms with van der Waals surface area (Å²) in [4.78, 5) is -0.363. The van der Waals surface area contributed by atoms with E-state index in [9.17, 15) is 21.6 Å². The van der Waals surface area contributed by atoms with Crippen molar-refractivity contribution in [3.05, 3.63) is 29.8 Å². The van der Waals surface area contributed by atoms with Crippen molar-refractivity contribution in [2.75, 3.05) is 13.1 Å². The molecule has 1 saturated heterocycles. The number of sulfonamides is 1. The molecule has 8 heteroatoms. The lowest BCUT2D eigenvalue weighted by molar-refractivity contribution is -0.137. The number of nitrogens with one attached hydrogen (secondary N) is 2. The molecule has 0 amide bonds. The van der Waals surface area contributed by atoms with Crippen LogP contribution >= 0.6 is 0 Å². The van der Waals surface area contributed by atoms with Gasteiger partial charge in [0.2, 0.25) is 10.0 Å². The third-order valence-electron chi connectivity index (χ3n) is 3.09. The van der Waals surface area contributed by atoms with E-state index in [0.29, 0.717) is 19.0 Å². The van der Waals surface area contributed by atoms with Crippen LogP contribution in [0.15, 0.2) is 29.2 Å². The predicted molar refractivity (Wildman–Crippen MR) is 67.7 cm³/mol. The van der Waals surface area contributed by atoms with E-state index in [1.54, 1.807) is 0 Å². The van der Waals surface area contributed by atoms with E-state index >= 15 is 0 Å². The van der Waals surface area contributed by atoms with E-state index in [4.69, 9.17) is 0 Å². The third-order valence-corrected chi connectivity index (χ3v) is 4.61. The van der Waals surface area contributed by atoms with Crippen molar-refractivity contribution in [1.29, 1.82) is 0 Å². The molecule has 1 atom stereocenters. The highest BCUT2D eigenvalue weighted by Gasteiger charge is 2.32. The van der Waals surface area contributed by atoms with Gasteiger partial charge in [0.05, 0.1) is 10.5 Å². The fourth-order valence-corrected chi connectivity index (χ4v) is 3.40. The van der Waals surface area contributed by atoms with Gasteiger partial charge in [-0.15, -0.1) is 0 Å². The Labute approximate surface area is 115 Å². The molecule has 2 N–H and O–H groups in total. The van der Waals surface area contributed by atoms with Crippen LogP contribution in [0.4, 0.5) is 13.2 Å². The Morgan fingerprint density at radius 1 is 1.30 bits per heavy atom. The van der Waals surface area contributed by atoms with E-state index in [1.807, 2.05) is 0 Å². The molecule has 1 heterocycles. The SMILES string of the molecule is O=S(=O)(NC1CCCNC1)c1cccc(C(F)(F)F)c1. The number of alkyl halides is 3. The highest BCUT2D eigenvalue weighted by Crippen LogP contribution is 2.30. The standard InChI is InChI=1S/C12H15F3N2O2S/c13-12(14,15)9-3-1-5-11(7-9)20(18,19)17-10-4-2-6-16-8-10/h1,3,5,7,10,16-17H,2,4,6,8H2. The molecular weight excluding hydrogens is 293 g/mol. The van der Waals surface area contributed by atoms with E-state index in [1.165, 1.54) is 0 Å². The second-order valence-electron chi connectivity index (χ2n) is 4.69. The fraction of sp³-hybridized carbons (Fsp3) is 0.500. The van der Waals surface area contributed by atoms with Crippen LogP contribution in [0, 0.1) is 0 Å². The van der Waals surface area contributed by atoms with Gasteiger partial charge < -0.3 is 5.32 Å². The molecular formula is C12H15F3N2O2S. The molecule has 4 nitrogen and oxygen atoms in total. The molecule has 0 spiro atoms. The lowest BCUT2D eigenvalue weighted by Gasteiger charge is -2.23. The number of benzene rings is 1. The van der Waals surface area contributed by atoms with Crippen LogP contribution in [-0.2, 0) is 16.2 Å².